The molecular weight excluding hydrogens is 408 g/mol. The van der Waals surface area contributed by atoms with Crippen molar-refractivity contribution in [2.45, 2.75) is 4.90 Å². The average molecular weight is 427 g/mol. The molecule has 32 heavy (non-hydrogen) atoms. The molecule has 0 radical (unpaired) electrons. The lowest BCUT2D eigenvalue weighted by molar-refractivity contribution is 1.22. The Labute approximate surface area is 189 Å². The maximum absolute atomic E-state index is 4.18. The summed E-state index contributed by atoms with van der Waals surface area (Å²) in [7, 11) is 0. The summed E-state index contributed by atoms with van der Waals surface area (Å²) in [6, 6.07) is 33.6. The molecule has 1 aromatic heterocycles. The lowest BCUT2D eigenvalue weighted by Crippen LogP contribution is -1.86. The Morgan fingerprint density at radius 2 is 1.16 bits per heavy atom. The van der Waals surface area contributed by atoms with E-state index in [4.69, 9.17) is 0 Å². The molecule has 0 saturated heterocycles. The Hall–Kier alpha value is -3.82. The van der Waals surface area contributed by atoms with Crippen molar-refractivity contribution in [3.8, 4) is 0 Å². The van der Waals surface area contributed by atoms with E-state index in [2.05, 4.69) is 96.0 Å². The van der Waals surface area contributed by atoms with Gasteiger partial charge in [-0.05, 0) is 108 Å². The molecule has 0 unspecified atom stereocenters. The number of fused-ring (bicyclic) bond motifs is 6. The minimum absolute atomic E-state index is 1.23. The molecular formula is C29H18N2S. The van der Waals surface area contributed by atoms with Crippen molar-refractivity contribution < 1.29 is 0 Å². The molecule has 7 rings (SSSR count). The van der Waals surface area contributed by atoms with Crippen molar-refractivity contribution in [2.24, 2.45) is 0 Å². The van der Waals surface area contributed by atoms with Crippen molar-refractivity contribution in [3.05, 3.63) is 110 Å². The third-order valence-corrected chi connectivity index (χ3v) is 7.28. The van der Waals surface area contributed by atoms with Gasteiger partial charge >= 0.3 is 0 Å². The van der Waals surface area contributed by atoms with E-state index in [1.807, 2.05) is 22.7 Å². The second-order valence-electron chi connectivity index (χ2n) is 8.25. The van der Waals surface area contributed by atoms with E-state index in [9.17, 15) is 0 Å². The maximum atomic E-state index is 4.18. The van der Waals surface area contributed by atoms with Crippen LogP contribution in [0.2, 0.25) is 0 Å². The molecule has 0 N–H and O–H groups in total. The van der Waals surface area contributed by atoms with Gasteiger partial charge in [0.05, 0.1) is 0 Å². The molecule has 7 aromatic rings. The van der Waals surface area contributed by atoms with E-state index in [0.717, 1.165) is 0 Å². The molecule has 150 valence electrons. The number of aromatic nitrogens is 2. The molecule has 0 saturated carbocycles. The molecule has 2 nitrogen and oxygen atoms in total. The summed E-state index contributed by atoms with van der Waals surface area (Å²) >= 11 is 1.70. The molecule has 0 aliphatic carbocycles. The molecule has 1 heterocycles. The second kappa shape index (κ2) is 6.84. The van der Waals surface area contributed by atoms with Crippen LogP contribution in [0.3, 0.4) is 0 Å². The van der Waals surface area contributed by atoms with Gasteiger partial charge in [0.2, 0.25) is 0 Å². The molecule has 0 bridgehead atoms. The van der Waals surface area contributed by atoms with Crippen LogP contribution in [-0.4, -0.2) is 8.96 Å². The smallest absolute Gasteiger partial charge is 0.105 e. The van der Waals surface area contributed by atoms with Crippen molar-refractivity contribution in [1.29, 1.82) is 0 Å². The van der Waals surface area contributed by atoms with E-state index in [-0.39, 0.29) is 0 Å². The normalized spacial score (nSPS) is 11.9. The minimum Gasteiger partial charge on any atom is -0.276 e. The van der Waals surface area contributed by atoms with Gasteiger partial charge in [-0.15, -0.1) is 0 Å². The van der Waals surface area contributed by atoms with Crippen LogP contribution in [0, 0.1) is 0 Å². The molecule has 3 heteroatoms. The molecule has 6 aromatic carbocycles. The standard InChI is InChI=1S/C29H18N2S/c1-2-5-20-13-25-16-26-23(15-24(25)12-19(20)4-1)9-8-22-14-21-6-3-7-29(28(21)17-27(22)26)32-31-11-10-30-18-31/h1-18H. The van der Waals surface area contributed by atoms with Gasteiger partial charge in [-0.1, -0.05) is 48.5 Å². The van der Waals surface area contributed by atoms with Crippen molar-refractivity contribution in [1.82, 2.24) is 8.96 Å². The van der Waals surface area contributed by atoms with Gasteiger partial charge < -0.3 is 0 Å². The SMILES string of the molecule is c1ccc2cc3cc4c(ccc5cc6cccc(Sn7ccnc7)c6cc54)cc3cc2c1. The number of imidazole rings is 1. The fourth-order valence-electron chi connectivity index (χ4n) is 4.74. The highest BCUT2D eigenvalue weighted by Crippen LogP contribution is 2.36. The lowest BCUT2D eigenvalue weighted by Gasteiger charge is -2.11. The predicted octanol–water partition coefficient (Wildman–Crippen LogP) is 8.20. The Balaban J connectivity index is 1.52. The lowest BCUT2D eigenvalue weighted by atomic mass is 9.95. The third kappa shape index (κ3) is 2.79. The summed E-state index contributed by atoms with van der Waals surface area (Å²) in [5.74, 6) is 0. The fraction of sp³-hybridized carbons (Fsp3) is 0. The van der Waals surface area contributed by atoms with Gasteiger partial charge in [-0.2, -0.15) is 0 Å². The van der Waals surface area contributed by atoms with Gasteiger partial charge in [-0.3, -0.25) is 3.97 Å². The van der Waals surface area contributed by atoms with Gasteiger partial charge in [0, 0.05) is 17.3 Å². The molecule has 0 spiro atoms. The third-order valence-electron chi connectivity index (χ3n) is 6.30. The highest BCUT2D eigenvalue weighted by Gasteiger charge is 2.09. The Kier molecular flexibility index (Phi) is 3.81. The first-order chi connectivity index (χ1) is 15.8. The van der Waals surface area contributed by atoms with Crippen molar-refractivity contribution in [2.75, 3.05) is 0 Å². The summed E-state index contributed by atoms with van der Waals surface area (Å²) in [4.78, 5) is 5.41. The van der Waals surface area contributed by atoms with Gasteiger partial charge in [0.15, 0.2) is 0 Å². The molecule has 0 aliphatic heterocycles. The Morgan fingerprint density at radius 3 is 1.91 bits per heavy atom. The summed E-state index contributed by atoms with van der Waals surface area (Å²) < 4.78 is 2.04. The summed E-state index contributed by atoms with van der Waals surface area (Å²) in [6.45, 7) is 0. The fourth-order valence-corrected chi connectivity index (χ4v) is 5.60. The highest BCUT2D eigenvalue weighted by molar-refractivity contribution is 7.98. The molecule has 0 amide bonds. The van der Waals surface area contributed by atoms with E-state index in [1.54, 1.807) is 11.9 Å². The largest absolute Gasteiger partial charge is 0.276 e. The highest BCUT2D eigenvalue weighted by atomic mass is 32.2. The number of benzene rings is 6. The van der Waals surface area contributed by atoms with Gasteiger partial charge in [0.1, 0.15) is 6.33 Å². The van der Waals surface area contributed by atoms with Crippen LogP contribution < -0.4 is 0 Å². The van der Waals surface area contributed by atoms with Gasteiger partial charge in [0.25, 0.3) is 0 Å². The first kappa shape index (κ1) is 17.8. The first-order valence-electron chi connectivity index (χ1n) is 10.7. The number of nitrogens with zero attached hydrogens (tertiary/aromatic N) is 2. The number of rotatable bonds is 2. The van der Waals surface area contributed by atoms with Crippen LogP contribution in [-0.2, 0) is 0 Å². The predicted molar refractivity (Wildman–Crippen MR) is 137 cm³/mol. The van der Waals surface area contributed by atoms with Crippen molar-refractivity contribution >= 4 is 65.8 Å². The van der Waals surface area contributed by atoms with Crippen LogP contribution >= 0.6 is 11.9 Å². The zero-order valence-electron chi connectivity index (χ0n) is 17.2. The quantitative estimate of drug-likeness (QED) is 0.205. The number of hydrogen-bond acceptors (Lipinski definition) is 2. The zero-order chi connectivity index (χ0) is 21.1. The summed E-state index contributed by atoms with van der Waals surface area (Å²) in [6.07, 6.45) is 5.64. The van der Waals surface area contributed by atoms with E-state index >= 15 is 0 Å². The van der Waals surface area contributed by atoms with Crippen LogP contribution in [0.25, 0.3) is 53.9 Å². The number of hydrogen-bond donors (Lipinski definition) is 0. The van der Waals surface area contributed by atoms with E-state index in [0.29, 0.717) is 0 Å². The van der Waals surface area contributed by atoms with Crippen LogP contribution in [0.15, 0.2) is 115 Å². The summed E-state index contributed by atoms with van der Waals surface area (Å²) in [5.41, 5.74) is 0. The Morgan fingerprint density at radius 1 is 0.531 bits per heavy atom. The molecule has 0 atom stereocenters. The Bertz CT molecular complexity index is 1800. The monoisotopic (exact) mass is 426 g/mol. The topological polar surface area (TPSA) is 17.8 Å². The molecule has 0 aliphatic rings. The van der Waals surface area contributed by atoms with Crippen LogP contribution in [0.5, 0.6) is 0 Å². The van der Waals surface area contributed by atoms with Crippen LogP contribution in [0.4, 0.5) is 0 Å². The average Bonchev–Trinajstić information content (AvgIpc) is 3.34. The summed E-state index contributed by atoms with van der Waals surface area (Å²) in [5, 5.41) is 12.8. The second-order valence-corrected chi connectivity index (χ2v) is 9.29. The van der Waals surface area contributed by atoms with Crippen LogP contribution in [0.1, 0.15) is 0 Å². The van der Waals surface area contributed by atoms with E-state index < -0.39 is 0 Å². The van der Waals surface area contributed by atoms with E-state index in [1.165, 1.54) is 58.8 Å². The maximum Gasteiger partial charge on any atom is 0.105 e. The van der Waals surface area contributed by atoms with Crippen molar-refractivity contribution in [3.63, 3.8) is 0 Å². The molecule has 0 fully saturated rings. The van der Waals surface area contributed by atoms with Gasteiger partial charge in [-0.25, -0.2) is 4.98 Å². The minimum atomic E-state index is 1.23. The zero-order valence-corrected chi connectivity index (χ0v) is 18.0. The first-order valence-corrected chi connectivity index (χ1v) is 11.5.